The number of hydrogen-bond acceptors (Lipinski definition) is 3. The Morgan fingerprint density at radius 2 is 1.77 bits per heavy atom. The average Bonchev–Trinajstić information content (AvgIpc) is 2.63. The van der Waals surface area contributed by atoms with Gasteiger partial charge in [0, 0.05) is 13.1 Å². The molecule has 0 bridgehead atoms. The van der Waals surface area contributed by atoms with E-state index in [1.807, 2.05) is 6.92 Å². The van der Waals surface area contributed by atoms with Gasteiger partial charge >= 0.3 is 0 Å². The minimum Gasteiger partial charge on any atom is -0.503 e. The number of hydrogen-bond donors (Lipinski definition) is 1. The molecule has 13 heavy (non-hydrogen) atoms. The standard InChI is InChI=1S/C10H15NO2/c1-7-9(10(12)8(2)13-7)11-5-3-4-6-11/h12H,3-6H2,1-2H3. The van der Waals surface area contributed by atoms with Crippen molar-refractivity contribution in [3.8, 4) is 5.75 Å². The Hall–Kier alpha value is -1.12. The highest BCUT2D eigenvalue weighted by Gasteiger charge is 2.22. The van der Waals surface area contributed by atoms with Gasteiger partial charge in [0.25, 0.3) is 0 Å². The summed E-state index contributed by atoms with van der Waals surface area (Å²) in [6, 6.07) is 0. The SMILES string of the molecule is Cc1oc(C)c(N2CCCC2)c1O. The van der Waals surface area contributed by atoms with Gasteiger partial charge in [-0.25, -0.2) is 0 Å². The first-order valence-corrected chi connectivity index (χ1v) is 4.74. The summed E-state index contributed by atoms with van der Waals surface area (Å²) in [4.78, 5) is 2.20. The van der Waals surface area contributed by atoms with Crippen molar-refractivity contribution in [2.45, 2.75) is 26.7 Å². The van der Waals surface area contributed by atoms with Gasteiger partial charge in [-0.2, -0.15) is 0 Å². The molecule has 1 saturated heterocycles. The summed E-state index contributed by atoms with van der Waals surface area (Å²) >= 11 is 0. The van der Waals surface area contributed by atoms with Crippen molar-refractivity contribution >= 4 is 5.69 Å². The highest BCUT2D eigenvalue weighted by Crippen LogP contribution is 2.38. The largest absolute Gasteiger partial charge is 0.503 e. The quantitative estimate of drug-likeness (QED) is 0.721. The number of rotatable bonds is 1. The molecule has 1 aromatic rings. The van der Waals surface area contributed by atoms with Crippen LogP contribution in [0.1, 0.15) is 24.4 Å². The van der Waals surface area contributed by atoms with E-state index in [-0.39, 0.29) is 0 Å². The summed E-state index contributed by atoms with van der Waals surface area (Å²) in [6.45, 7) is 5.77. The molecule has 0 radical (unpaired) electrons. The Bertz CT molecular complexity index is 311. The molecule has 3 nitrogen and oxygen atoms in total. The van der Waals surface area contributed by atoms with Gasteiger partial charge in [-0.05, 0) is 26.7 Å². The van der Waals surface area contributed by atoms with E-state index in [2.05, 4.69) is 4.90 Å². The molecule has 72 valence electrons. The molecule has 3 heteroatoms. The molecule has 0 unspecified atom stereocenters. The predicted molar refractivity (Wildman–Crippen MR) is 51.3 cm³/mol. The van der Waals surface area contributed by atoms with Crippen molar-refractivity contribution in [1.82, 2.24) is 0 Å². The summed E-state index contributed by atoms with van der Waals surface area (Å²) in [5.41, 5.74) is 0.898. The van der Waals surface area contributed by atoms with Crippen molar-refractivity contribution in [3.63, 3.8) is 0 Å². The molecule has 0 saturated carbocycles. The van der Waals surface area contributed by atoms with Crippen molar-refractivity contribution < 1.29 is 9.52 Å². The van der Waals surface area contributed by atoms with Gasteiger partial charge in [-0.3, -0.25) is 0 Å². The zero-order valence-corrected chi connectivity index (χ0v) is 8.13. The van der Waals surface area contributed by atoms with Gasteiger partial charge in [0.05, 0.1) is 0 Å². The summed E-state index contributed by atoms with van der Waals surface area (Å²) in [5.74, 6) is 1.77. The van der Waals surface area contributed by atoms with Gasteiger partial charge in [0.15, 0.2) is 5.75 Å². The Kier molecular flexibility index (Phi) is 1.94. The maximum absolute atomic E-state index is 9.74. The van der Waals surface area contributed by atoms with Crippen LogP contribution in [0.5, 0.6) is 5.75 Å². The van der Waals surface area contributed by atoms with Gasteiger partial charge < -0.3 is 14.4 Å². The molecule has 1 aliphatic heterocycles. The molecule has 1 aromatic heterocycles. The topological polar surface area (TPSA) is 36.6 Å². The van der Waals surface area contributed by atoms with Gasteiger partial charge in [0.2, 0.25) is 0 Å². The van der Waals surface area contributed by atoms with E-state index in [1.54, 1.807) is 6.92 Å². The van der Waals surface area contributed by atoms with Crippen LogP contribution in [0.15, 0.2) is 4.42 Å². The van der Waals surface area contributed by atoms with Crippen molar-refractivity contribution in [3.05, 3.63) is 11.5 Å². The van der Waals surface area contributed by atoms with Crippen LogP contribution in [0.2, 0.25) is 0 Å². The maximum atomic E-state index is 9.74. The fourth-order valence-corrected chi connectivity index (χ4v) is 1.97. The van der Waals surface area contributed by atoms with Crippen LogP contribution < -0.4 is 4.90 Å². The Morgan fingerprint density at radius 3 is 2.23 bits per heavy atom. The van der Waals surface area contributed by atoms with Gasteiger partial charge in [0.1, 0.15) is 17.2 Å². The second kappa shape index (κ2) is 2.98. The molecule has 1 aliphatic rings. The summed E-state index contributed by atoms with van der Waals surface area (Å²) < 4.78 is 5.37. The van der Waals surface area contributed by atoms with Crippen LogP contribution in [-0.2, 0) is 0 Å². The molecule has 0 aromatic carbocycles. The second-order valence-electron chi connectivity index (χ2n) is 3.61. The van der Waals surface area contributed by atoms with Gasteiger partial charge in [-0.1, -0.05) is 0 Å². The number of anilines is 1. The molecular formula is C10H15NO2. The van der Waals surface area contributed by atoms with E-state index in [1.165, 1.54) is 12.8 Å². The highest BCUT2D eigenvalue weighted by molar-refractivity contribution is 5.62. The zero-order chi connectivity index (χ0) is 9.42. The van der Waals surface area contributed by atoms with E-state index in [0.717, 1.165) is 24.5 Å². The Balaban J connectivity index is 2.37. The highest BCUT2D eigenvalue weighted by atomic mass is 16.4. The molecule has 0 aliphatic carbocycles. The molecular weight excluding hydrogens is 166 g/mol. The fraction of sp³-hybridized carbons (Fsp3) is 0.600. The molecule has 2 rings (SSSR count). The average molecular weight is 181 g/mol. The van der Waals surface area contributed by atoms with Crippen LogP contribution in [0, 0.1) is 13.8 Å². The molecule has 0 amide bonds. The fourth-order valence-electron chi connectivity index (χ4n) is 1.97. The molecule has 2 heterocycles. The molecule has 0 spiro atoms. The van der Waals surface area contributed by atoms with Crippen LogP contribution in [0.25, 0.3) is 0 Å². The first-order chi connectivity index (χ1) is 6.20. The lowest BCUT2D eigenvalue weighted by atomic mass is 10.3. The normalized spacial score (nSPS) is 16.9. The Labute approximate surface area is 78.0 Å². The van der Waals surface area contributed by atoms with Crippen LogP contribution in [0.4, 0.5) is 5.69 Å². The summed E-state index contributed by atoms with van der Waals surface area (Å²) in [7, 11) is 0. The first-order valence-electron chi connectivity index (χ1n) is 4.74. The van der Waals surface area contributed by atoms with E-state index in [9.17, 15) is 5.11 Å². The van der Waals surface area contributed by atoms with Crippen LogP contribution >= 0.6 is 0 Å². The van der Waals surface area contributed by atoms with Gasteiger partial charge in [-0.15, -0.1) is 0 Å². The summed E-state index contributed by atoms with van der Waals surface area (Å²) in [6.07, 6.45) is 2.42. The van der Waals surface area contributed by atoms with E-state index >= 15 is 0 Å². The zero-order valence-electron chi connectivity index (χ0n) is 8.13. The second-order valence-corrected chi connectivity index (χ2v) is 3.61. The van der Waals surface area contributed by atoms with Crippen molar-refractivity contribution in [2.24, 2.45) is 0 Å². The van der Waals surface area contributed by atoms with E-state index < -0.39 is 0 Å². The Morgan fingerprint density at radius 1 is 1.15 bits per heavy atom. The van der Waals surface area contributed by atoms with Crippen molar-refractivity contribution in [2.75, 3.05) is 18.0 Å². The number of aryl methyl sites for hydroxylation is 2. The lowest BCUT2D eigenvalue weighted by molar-refractivity contribution is 0.437. The van der Waals surface area contributed by atoms with E-state index in [0.29, 0.717) is 11.5 Å². The van der Waals surface area contributed by atoms with Crippen LogP contribution in [-0.4, -0.2) is 18.2 Å². The summed E-state index contributed by atoms with van der Waals surface area (Å²) in [5, 5.41) is 9.74. The molecule has 1 N–H and O–H groups in total. The monoisotopic (exact) mass is 181 g/mol. The number of furan rings is 1. The molecule has 0 atom stereocenters. The first kappa shape index (κ1) is 8.48. The lowest BCUT2D eigenvalue weighted by Gasteiger charge is -2.16. The van der Waals surface area contributed by atoms with Crippen molar-refractivity contribution in [1.29, 1.82) is 0 Å². The number of aromatic hydroxyl groups is 1. The lowest BCUT2D eigenvalue weighted by Crippen LogP contribution is -2.17. The maximum Gasteiger partial charge on any atom is 0.181 e. The molecule has 1 fully saturated rings. The smallest absolute Gasteiger partial charge is 0.181 e. The van der Waals surface area contributed by atoms with E-state index in [4.69, 9.17) is 4.42 Å². The minimum atomic E-state index is 0.319. The number of nitrogens with zero attached hydrogens (tertiary/aromatic N) is 1. The minimum absolute atomic E-state index is 0.319. The third-order valence-electron chi connectivity index (χ3n) is 2.62. The third-order valence-corrected chi connectivity index (χ3v) is 2.62. The van der Waals surface area contributed by atoms with Crippen LogP contribution in [0.3, 0.4) is 0 Å². The predicted octanol–water partition coefficient (Wildman–Crippen LogP) is 2.20. The third kappa shape index (κ3) is 1.28.